The number of furan rings is 1. The number of anilines is 1. The summed E-state index contributed by atoms with van der Waals surface area (Å²) in [6.45, 7) is 5.51. The molecule has 1 saturated heterocycles. The van der Waals surface area contributed by atoms with Crippen LogP contribution in [0.15, 0.2) is 59.0 Å². The minimum absolute atomic E-state index is 0.110. The Hall–Kier alpha value is -4.11. The van der Waals surface area contributed by atoms with Crippen molar-refractivity contribution in [3.63, 3.8) is 0 Å². The first-order chi connectivity index (χ1) is 17.4. The summed E-state index contributed by atoms with van der Waals surface area (Å²) in [4.78, 5) is 29.6. The third-order valence-corrected chi connectivity index (χ3v) is 6.52. The highest BCUT2D eigenvalue weighted by Gasteiger charge is 2.24. The van der Waals surface area contributed by atoms with Gasteiger partial charge in [-0.05, 0) is 48.4 Å². The van der Waals surface area contributed by atoms with Crippen molar-refractivity contribution >= 4 is 28.5 Å². The number of benzene rings is 2. The van der Waals surface area contributed by atoms with Gasteiger partial charge in [0.1, 0.15) is 17.0 Å². The summed E-state index contributed by atoms with van der Waals surface area (Å²) >= 11 is 0. The van der Waals surface area contributed by atoms with Crippen LogP contribution in [0.5, 0.6) is 5.75 Å². The average molecular weight is 488 g/mol. The van der Waals surface area contributed by atoms with Crippen molar-refractivity contribution in [1.29, 1.82) is 0 Å². The van der Waals surface area contributed by atoms with Crippen LogP contribution in [0, 0.1) is 0 Å². The fourth-order valence-electron chi connectivity index (χ4n) is 4.45. The molecule has 2 N–H and O–H groups in total. The normalized spacial score (nSPS) is 14.3. The highest BCUT2D eigenvalue weighted by atomic mass is 16.3. The molecule has 1 fully saturated rings. The molecule has 4 aromatic rings. The highest BCUT2D eigenvalue weighted by Crippen LogP contribution is 2.25. The number of phenolic OH excluding ortho intramolecular Hbond substituents is 1. The van der Waals surface area contributed by atoms with E-state index in [1.165, 1.54) is 6.07 Å². The summed E-state index contributed by atoms with van der Waals surface area (Å²) in [7, 11) is 1.77. The second-order valence-electron chi connectivity index (χ2n) is 9.05. The molecule has 0 radical (unpaired) electrons. The van der Waals surface area contributed by atoms with E-state index in [-0.39, 0.29) is 17.6 Å². The number of aryl methyl sites for hydroxylation is 2. The topological polar surface area (TPSA) is 104 Å². The number of fused-ring (bicyclic) bond motifs is 1. The van der Waals surface area contributed by atoms with E-state index >= 15 is 0 Å². The zero-order chi connectivity index (χ0) is 25.2. The quantitative estimate of drug-likeness (QED) is 0.430. The molecule has 0 aliphatic carbocycles. The van der Waals surface area contributed by atoms with E-state index in [2.05, 4.69) is 15.3 Å². The predicted octanol–water partition coefficient (Wildman–Crippen LogP) is 3.64. The SMILES string of the molecule is CCc1cc(C(=O)Nc2ccc(CN3CCN(C(=O)c4cc5ccc(O)cc5o4)CC3)cc2)n(C)n1. The van der Waals surface area contributed by atoms with Crippen molar-refractivity contribution in [2.45, 2.75) is 19.9 Å². The maximum atomic E-state index is 12.9. The Balaban J connectivity index is 1.13. The zero-order valence-electron chi connectivity index (χ0n) is 20.4. The number of carbonyl (C=O) groups excluding carboxylic acids is 2. The molecule has 5 rings (SSSR count). The summed E-state index contributed by atoms with van der Waals surface area (Å²) in [5, 5.41) is 17.7. The maximum absolute atomic E-state index is 12.9. The molecule has 186 valence electrons. The molecule has 0 saturated carbocycles. The smallest absolute Gasteiger partial charge is 0.289 e. The minimum Gasteiger partial charge on any atom is -0.508 e. The van der Waals surface area contributed by atoms with Crippen molar-refractivity contribution in [2.75, 3.05) is 31.5 Å². The lowest BCUT2D eigenvalue weighted by molar-refractivity contribution is 0.0600. The third-order valence-electron chi connectivity index (χ3n) is 6.52. The van der Waals surface area contributed by atoms with Gasteiger partial charge in [0.05, 0.1) is 5.69 Å². The van der Waals surface area contributed by atoms with Gasteiger partial charge in [0.15, 0.2) is 5.76 Å². The Bertz CT molecular complexity index is 1400. The van der Waals surface area contributed by atoms with Crippen LogP contribution in [0.25, 0.3) is 11.0 Å². The van der Waals surface area contributed by atoms with Crippen molar-refractivity contribution in [3.05, 3.63) is 77.3 Å². The molecule has 9 heteroatoms. The van der Waals surface area contributed by atoms with Crippen molar-refractivity contribution in [2.24, 2.45) is 7.05 Å². The molecule has 0 atom stereocenters. The van der Waals surface area contributed by atoms with Crippen LogP contribution < -0.4 is 5.32 Å². The Labute approximate surface area is 208 Å². The summed E-state index contributed by atoms with van der Waals surface area (Å²) in [6.07, 6.45) is 0.781. The van der Waals surface area contributed by atoms with Gasteiger partial charge in [0, 0.05) is 56.9 Å². The van der Waals surface area contributed by atoms with E-state index in [0.717, 1.165) is 48.4 Å². The first kappa shape index (κ1) is 23.6. The number of aromatic hydroxyl groups is 1. The Morgan fingerprint density at radius 2 is 1.78 bits per heavy atom. The van der Waals surface area contributed by atoms with Gasteiger partial charge in [-0.1, -0.05) is 19.1 Å². The fraction of sp³-hybridized carbons (Fsp3) is 0.296. The number of amides is 2. The van der Waals surface area contributed by atoms with Crippen LogP contribution in [0.2, 0.25) is 0 Å². The molecule has 0 spiro atoms. The lowest BCUT2D eigenvalue weighted by Crippen LogP contribution is -2.48. The van der Waals surface area contributed by atoms with E-state index < -0.39 is 0 Å². The van der Waals surface area contributed by atoms with E-state index in [1.54, 1.807) is 34.8 Å². The van der Waals surface area contributed by atoms with Crippen molar-refractivity contribution < 1.29 is 19.1 Å². The van der Waals surface area contributed by atoms with Gasteiger partial charge in [-0.15, -0.1) is 0 Å². The number of hydrogen-bond acceptors (Lipinski definition) is 6. The van der Waals surface area contributed by atoms with Gasteiger partial charge in [-0.2, -0.15) is 5.10 Å². The molecule has 1 aliphatic heterocycles. The summed E-state index contributed by atoms with van der Waals surface area (Å²) in [6, 6.07) is 16.2. The zero-order valence-corrected chi connectivity index (χ0v) is 20.4. The lowest BCUT2D eigenvalue weighted by Gasteiger charge is -2.34. The standard InChI is InChI=1S/C27H29N5O4/c1-3-20-15-23(30(2)29-20)26(34)28-21-7-4-18(5-8-21)17-31-10-12-32(13-11-31)27(35)25-14-19-6-9-22(33)16-24(19)36-25/h4-9,14-16,33H,3,10-13,17H2,1-2H3,(H,28,34). The second kappa shape index (κ2) is 9.87. The van der Waals surface area contributed by atoms with Gasteiger partial charge < -0.3 is 19.7 Å². The average Bonchev–Trinajstić information content (AvgIpc) is 3.48. The molecule has 9 nitrogen and oxygen atoms in total. The molecule has 0 bridgehead atoms. The van der Waals surface area contributed by atoms with Crippen LogP contribution in [-0.2, 0) is 20.0 Å². The Morgan fingerprint density at radius 3 is 2.47 bits per heavy atom. The number of hydrogen-bond donors (Lipinski definition) is 2. The summed E-state index contributed by atoms with van der Waals surface area (Å²) in [5.41, 5.74) is 3.79. The van der Waals surface area contributed by atoms with Gasteiger partial charge in [-0.25, -0.2) is 0 Å². The Morgan fingerprint density at radius 1 is 1.03 bits per heavy atom. The van der Waals surface area contributed by atoms with Gasteiger partial charge in [0.25, 0.3) is 11.8 Å². The first-order valence-electron chi connectivity index (χ1n) is 12.1. The van der Waals surface area contributed by atoms with E-state index in [9.17, 15) is 14.7 Å². The van der Waals surface area contributed by atoms with Crippen LogP contribution in [0.1, 0.15) is 39.2 Å². The van der Waals surface area contributed by atoms with Gasteiger partial charge in [0.2, 0.25) is 0 Å². The first-order valence-corrected chi connectivity index (χ1v) is 12.1. The van der Waals surface area contributed by atoms with Crippen LogP contribution >= 0.6 is 0 Å². The highest BCUT2D eigenvalue weighted by molar-refractivity contribution is 6.03. The number of phenols is 1. The predicted molar refractivity (Wildman–Crippen MR) is 136 cm³/mol. The summed E-state index contributed by atoms with van der Waals surface area (Å²) in [5.74, 6) is 0.0852. The molecule has 2 aromatic carbocycles. The minimum atomic E-state index is -0.181. The molecular formula is C27H29N5O4. The fourth-order valence-corrected chi connectivity index (χ4v) is 4.45. The lowest BCUT2D eigenvalue weighted by atomic mass is 10.1. The van der Waals surface area contributed by atoms with E-state index in [0.29, 0.717) is 30.1 Å². The second-order valence-corrected chi connectivity index (χ2v) is 9.05. The van der Waals surface area contributed by atoms with E-state index in [1.807, 2.05) is 37.3 Å². The van der Waals surface area contributed by atoms with Crippen molar-refractivity contribution in [3.8, 4) is 5.75 Å². The van der Waals surface area contributed by atoms with Crippen LogP contribution in [-0.4, -0.2) is 62.7 Å². The van der Waals surface area contributed by atoms with Crippen LogP contribution in [0.3, 0.4) is 0 Å². The Kier molecular flexibility index (Phi) is 6.47. The number of piperazine rings is 1. The monoisotopic (exact) mass is 487 g/mol. The summed E-state index contributed by atoms with van der Waals surface area (Å²) < 4.78 is 7.27. The molecule has 2 amide bonds. The van der Waals surface area contributed by atoms with Crippen molar-refractivity contribution in [1.82, 2.24) is 19.6 Å². The molecule has 3 heterocycles. The van der Waals surface area contributed by atoms with Gasteiger partial charge >= 0.3 is 0 Å². The van der Waals surface area contributed by atoms with Crippen LogP contribution in [0.4, 0.5) is 5.69 Å². The number of nitrogens with zero attached hydrogens (tertiary/aromatic N) is 4. The van der Waals surface area contributed by atoms with E-state index in [4.69, 9.17) is 4.42 Å². The number of rotatable bonds is 6. The number of nitrogens with one attached hydrogen (secondary N) is 1. The number of aromatic nitrogens is 2. The van der Waals surface area contributed by atoms with Gasteiger partial charge in [-0.3, -0.25) is 19.2 Å². The maximum Gasteiger partial charge on any atom is 0.289 e. The molecule has 1 aliphatic rings. The molecule has 0 unspecified atom stereocenters. The molecule has 2 aromatic heterocycles. The number of carbonyl (C=O) groups is 2. The largest absolute Gasteiger partial charge is 0.508 e. The molecular weight excluding hydrogens is 458 g/mol. The molecule has 36 heavy (non-hydrogen) atoms. The third kappa shape index (κ3) is 4.96.